The molecule has 1 aromatic rings. The van der Waals surface area contributed by atoms with Crippen molar-refractivity contribution < 1.29 is 0 Å². The smallest absolute Gasteiger partial charge is 0.0367 e. The molecule has 2 saturated heterocycles. The van der Waals surface area contributed by atoms with Crippen LogP contribution >= 0.6 is 0 Å². The average molecular weight is 259 g/mol. The second kappa shape index (κ2) is 6.40. The molecule has 0 aromatic heterocycles. The fraction of sp³-hybridized carbons (Fsp3) is 0.625. The van der Waals surface area contributed by atoms with Gasteiger partial charge in [-0.1, -0.05) is 24.6 Å². The number of rotatable bonds is 2. The number of hydrogen-bond donors (Lipinski definition) is 1. The van der Waals surface area contributed by atoms with Gasteiger partial charge in [0.2, 0.25) is 0 Å². The molecule has 0 radical (unpaired) electrons. The highest BCUT2D eigenvalue weighted by Gasteiger charge is 2.24. The number of nitrogens with one attached hydrogen (secondary N) is 1. The zero-order valence-corrected chi connectivity index (χ0v) is 11.7. The van der Waals surface area contributed by atoms with Crippen LogP contribution in [0.15, 0.2) is 30.3 Å². The lowest BCUT2D eigenvalue weighted by Gasteiger charge is -2.40. The van der Waals surface area contributed by atoms with E-state index in [1.54, 1.807) is 0 Å². The molecule has 0 bridgehead atoms. The van der Waals surface area contributed by atoms with Crippen molar-refractivity contribution in [3.05, 3.63) is 30.3 Å². The molecule has 2 heterocycles. The minimum atomic E-state index is 0.764. The Morgan fingerprint density at radius 1 is 0.947 bits per heavy atom. The Morgan fingerprint density at radius 3 is 2.53 bits per heavy atom. The summed E-state index contributed by atoms with van der Waals surface area (Å²) in [5, 5.41) is 3.58. The number of hydrogen-bond acceptors (Lipinski definition) is 3. The van der Waals surface area contributed by atoms with Gasteiger partial charge in [0.15, 0.2) is 0 Å². The maximum absolute atomic E-state index is 3.58. The summed E-state index contributed by atoms with van der Waals surface area (Å²) in [5.41, 5.74) is 1.38. The van der Waals surface area contributed by atoms with Gasteiger partial charge in [-0.2, -0.15) is 0 Å². The molecule has 2 aliphatic heterocycles. The van der Waals surface area contributed by atoms with E-state index in [4.69, 9.17) is 0 Å². The first-order valence-corrected chi connectivity index (χ1v) is 7.68. The van der Waals surface area contributed by atoms with E-state index in [1.807, 2.05) is 0 Å². The van der Waals surface area contributed by atoms with Crippen molar-refractivity contribution in [2.45, 2.75) is 25.3 Å². The van der Waals surface area contributed by atoms with Crippen LogP contribution in [0.3, 0.4) is 0 Å². The number of piperazine rings is 1. The molecular weight excluding hydrogens is 234 g/mol. The summed E-state index contributed by atoms with van der Waals surface area (Å²) in [6.07, 6.45) is 4.11. The Balaban J connectivity index is 1.54. The van der Waals surface area contributed by atoms with Crippen LogP contribution in [0.4, 0.5) is 5.69 Å². The third kappa shape index (κ3) is 3.28. The summed E-state index contributed by atoms with van der Waals surface area (Å²) in [5.74, 6) is 0. The lowest BCUT2D eigenvalue weighted by molar-refractivity contribution is 0.177. The topological polar surface area (TPSA) is 18.5 Å². The molecule has 0 saturated carbocycles. The largest absolute Gasteiger partial charge is 0.369 e. The molecule has 3 heteroatoms. The average Bonchev–Trinajstić information content (AvgIpc) is 2.77. The van der Waals surface area contributed by atoms with Crippen LogP contribution in [-0.4, -0.2) is 50.2 Å². The Hall–Kier alpha value is -1.06. The van der Waals surface area contributed by atoms with Gasteiger partial charge >= 0.3 is 0 Å². The van der Waals surface area contributed by atoms with Crippen LogP contribution in [-0.2, 0) is 0 Å². The summed E-state index contributed by atoms with van der Waals surface area (Å²) >= 11 is 0. The normalized spacial score (nSPS) is 26.1. The first-order chi connectivity index (χ1) is 9.43. The lowest BCUT2D eigenvalue weighted by Crippen LogP contribution is -2.52. The van der Waals surface area contributed by atoms with Crippen LogP contribution < -0.4 is 10.2 Å². The second-order valence-corrected chi connectivity index (χ2v) is 5.71. The third-order valence-corrected chi connectivity index (χ3v) is 4.47. The predicted octanol–water partition coefficient (Wildman–Crippen LogP) is 1.95. The van der Waals surface area contributed by atoms with Crippen molar-refractivity contribution in [1.29, 1.82) is 0 Å². The van der Waals surface area contributed by atoms with E-state index in [1.165, 1.54) is 64.2 Å². The standard InChI is InChI=1S/C16H25N3/c1-2-6-15(7-3-1)18-10-12-19(13-11-18)16-8-4-5-9-17-14-16/h1-3,6-7,16-17H,4-5,8-14H2. The van der Waals surface area contributed by atoms with Crippen molar-refractivity contribution >= 4 is 5.69 Å². The molecule has 3 nitrogen and oxygen atoms in total. The van der Waals surface area contributed by atoms with E-state index in [-0.39, 0.29) is 0 Å². The first kappa shape index (κ1) is 12.9. The van der Waals surface area contributed by atoms with Crippen LogP contribution in [0.5, 0.6) is 0 Å². The Labute approximate surface area is 116 Å². The maximum Gasteiger partial charge on any atom is 0.0367 e. The summed E-state index contributed by atoms with van der Waals surface area (Å²) < 4.78 is 0. The second-order valence-electron chi connectivity index (χ2n) is 5.71. The van der Waals surface area contributed by atoms with Crippen LogP contribution in [0.1, 0.15) is 19.3 Å². The molecule has 1 N–H and O–H groups in total. The van der Waals surface area contributed by atoms with E-state index in [9.17, 15) is 0 Å². The Morgan fingerprint density at radius 2 is 1.74 bits per heavy atom. The van der Waals surface area contributed by atoms with E-state index >= 15 is 0 Å². The molecule has 1 atom stereocenters. The molecule has 3 rings (SSSR count). The van der Waals surface area contributed by atoms with Crippen LogP contribution in [0.2, 0.25) is 0 Å². The molecule has 1 aromatic carbocycles. The van der Waals surface area contributed by atoms with E-state index in [0.29, 0.717) is 0 Å². The van der Waals surface area contributed by atoms with Crippen LogP contribution in [0, 0.1) is 0 Å². The molecule has 0 spiro atoms. The van der Waals surface area contributed by atoms with E-state index < -0.39 is 0 Å². The monoisotopic (exact) mass is 259 g/mol. The highest BCUT2D eigenvalue weighted by atomic mass is 15.3. The molecule has 104 valence electrons. The predicted molar refractivity (Wildman–Crippen MR) is 80.7 cm³/mol. The van der Waals surface area contributed by atoms with E-state index in [2.05, 4.69) is 45.4 Å². The zero-order valence-electron chi connectivity index (χ0n) is 11.7. The summed E-state index contributed by atoms with van der Waals surface area (Å²) in [6.45, 7) is 7.15. The maximum atomic E-state index is 3.58. The lowest BCUT2D eigenvalue weighted by atomic mass is 10.1. The van der Waals surface area contributed by atoms with Crippen molar-refractivity contribution in [3.63, 3.8) is 0 Å². The van der Waals surface area contributed by atoms with Crippen molar-refractivity contribution in [2.75, 3.05) is 44.2 Å². The molecule has 2 fully saturated rings. The Bertz CT molecular complexity index is 363. The minimum absolute atomic E-state index is 0.764. The van der Waals surface area contributed by atoms with Gasteiger partial charge in [0.25, 0.3) is 0 Å². The van der Waals surface area contributed by atoms with Gasteiger partial charge in [0.05, 0.1) is 0 Å². The molecule has 0 amide bonds. The number of anilines is 1. The quantitative estimate of drug-likeness (QED) is 0.876. The van der Waals surface area contributed by atoms with Gasteiger partial charge in [0.1, 0.15) is 0 Å². The number of benzene rings is 1. The van der Waals surface area contributed by atoms with Gasteiger partial charge in [-0.05, 0) is 31.5 Å². The van der Waals surface area contributed by atoms with Crippen LogP contribution in [0.25, 0.3) is 0 Å². The summed E-state index contributed by atoms with van der Waals surface area (Å²) in [4.78, 5) is 5.21. The molecule has 19 heavy (non-hydrogen) atoms. The highest BCUT2D eigenvalue weighted by Crippen LogP contribution is 2.18. The molecular formula is C16H25N3. The van der Waals surface area contributed by atoms with Crippen molar-refractivity contribution in [2.24, 2.45) is 0 Å². The number of para-hydroxylation sites is 1. The molecule has 0 aliphatic carbocycles. The van der Waals surface area contributed by atoms with Crippen molar-refractivity contribution in [3.8, 4) is 0 Å². The minimum Gasteiger partial charge on any atom is -0.369 e. The van der Waals surface area contributed by atoms with Gasteiger partial charge in [-0.3, -0.25) is 4.90 Å². The van der Waals surface area contributed by atoms with Crippen molar-refractivity contribution in [1.82, 2.24) is 10.2 Å². The summed E-state index contributed by atoms with van der Waals surface area (Å²) in [7, 11) is 0. The molecule has 2 aliphatic rings. The highest BCUT2D eigenvalue weighted by molar-refractivity contribution is 5.46. The fourth-order valence-electron chi connectivity index (χ4n) is 3.30. The zero-order chi connectivity index (χ0) is 12.9. The van der Waals surface area contributed by atoms with E-state index in [0.717, 1.165) is 6.04 Å². The van der Waals surface area contributed by atoms with Gasteiger partial charge in [-0.15, -0.1) is 0 Å². The summed E-state index contributed by atoms with van der Waals surface area (Å²) in [6, 6.07) is 11.6. The number of nitrogens with zero attached hydrogens (tertiary/aromatic N) is 2. The SMILES string of the molecule is c1ccc(N2CCN(C3CCCCNC3)CC2)cc1. The first-order valence-electron chi connectivity index (χ1n) is 7.68. The van der Waals surface area contributed by atoms with Gasteiger partial charge < -0.3 is 10.2 Å². The van der Waals surface area contributed by atoms with Gasteiger partial charge in [-0.25, -0.2) is 0 Å². The van der Waals surface area contributed by atoms with Gasteiger partial charge in [0, 0.05) is 44.5 Å². The molecule has 1 unspecified atom stereocenters. The third-order valence-electron chi connectivity index (χ3n) is 4.47. The fourth-order valence-corrected chi connectivity index (χ4v) is 3.30. The Kier molecular flexibility index (Phi) is 4.36.